The van der Waals surface area contributed by atoms with Gasteiger partial charge in [-0.05, 0) is 6.07 Å². The molecule has 0 atom stereocenters. The highest BCUT2D eigenvalue weighted by molar-refractivity contribution is 8.93. The Morgan fingerprint density at radius 2 is 2.09 bits per heavy atom. The standard InChI is InChI=1S/C6H5N3.2BrH/c1-2-7-3-6-5(1)8-4-9-6;;/h1-4H,(H,8,9);2*1H. The third-order valence-electron chi connectivity index (χ3n) is 1.22. The van der Waals surface area contributed by atoms with E-state index in [1.54, 1.807) is 18.7 Å². The summed E-state index contributed by atoms with van der Waals surface area (Å²) in [6, 6.07) is 1.89. The summed E-state index contributed by atoms with van der Waals surface area (Å²) in [5.74, 6) is 0. The molecule has 2 heterocycles. The molecule has 0 spiro atoms. The lowest BCUT2D eigenvalue weighted by atomic mass is 10.4. The maximum Gasteiger partial charge on any atom is 0.107 e. The van der Waals surface area contributed by atoms with Gasteiger partial charge in [0.2, 0.25) is 0 Å². The van der Waals surface area contributed by atoms with Gasteiger partial charge in [0.15, 0.2) is 0 Å². The number of H-pyrrole nitrogens is 1. The number of pyridine rings is 1. The predicted octanol–water partition coefficient (Wildman–Crippen LogP) is 2.11. The third-order valence-corrected chi connectivity index (χ3v) is 1.22. The zero-order chi connectivity index (χ0) is 6.10. The molecule has 2 aromatic heterocycles. The third kappa shape index (κ3) is 2.00. The molecule has 0 radical (unpaired) electrons. The second-order valence-corrected chi connectivity index (χ2v) is 1.80. The van der Waals surface area contributed by atoms with Crippen LogP contribution in [0.25, 0.3) is 11.0 Å². The first-order valence-corrected chi connectivity index (χ1v) is 2.70. The number of halogens is 2. The largest absolute Gasteiger partial charge is 0.345 e. The monoisotopic (exact) mass is 279 g/mol. The molecule has 0 saturated carbocycles. The van der Waals surface area contributed by atoms with Gasteiger partial charge in [-0.1, -0.05) is 0 Å². The number of aromatic amines is 1. The zero-order valence-corrected chi connectivity index (χ0v) is 8.95. The Labute approximate surface area is 84.8 Å². The Bertz CT molecular complexity index is 290. The highest BCUT2D eigenvalue weighted by Gasteiger charge is 1.89. The van der Waals surface area contributed by atoms with Gasteiger partial charge < -0.3 is 4.98 Å². The van der Waals surface area contributed by atoms with E-state index in [0.717, 1.165) is 11.0 Å². The molecule has 0 fully saturated rings. The van der Waals surface area contributed by atoms with Gasteiger partial charge in [0, 0.05) is 6.20 Å². The van der Waals surface area contributed by atoms with Crippen LogP contribution in [0, 0.1) is 0 Å². The molecule has 3 nitrogen and oxygen atoms in total. The minimum absolute atomic E-state index is 0. The Hall–Kier alpha value is -0.420. The summed E-state index contributed by atoms with van der Waals surface area (Å²) in [7, 11) is 0. The number of hydrogen-bond acceptors (Lipinski definition) is 2. The number of nitrogens with zero attached hydrogens (tertiary/aromatic N) is 2. The lowest BCUT2D eigenvalue weighted by Gasteiger charge is -1.80. The van der Waals surface area contributed by atoms with Gasteiger partial charge in [-0.25, -0.2) is 4.98 Å². The van der Waals surface area contributed by atoms with Gasteiger partial charge in [0.05, 0.1) is 18.0 Å². The van der Waals surface area contributed by atoms with Crippen molar-refractivity contribution in [3.05, 3.63) is 24.8 Å². The molecule has 2 rings (SSSR count). The van der Waals surface area contributed by atoms with Crippen LogP contribution in [-0.4, -0.2) is 15.0 Å². The average molecular weight is 281 g/mol. The first-order chi connectivity index (χ1) is 4.47. The van der Waals surface area contributed by atoms with Gasteiger partial charge in [0.25, 0.3) is 0 Å². The van der Waals surface area contributed by atoms with Gasteiger partial charge in [0.1, 0.15) is 5.52 Å². The van der Waals surface area contributed by atoms with E-state index in [1.165, 1.54) is 0 Å². The second kappa shape index (κ2) is 4.46. The molecule has 0 bridgehead atoms. The highest BCUT2D eigenvalue weighted by atomic mass is 79.9. The summed E-state index contributed by atoms with van der Waals surface area (Å²) < 4.78 is 0. The molecule has 0 aromatic carbocycles. The van der Waals surface area contributed by atoms with Crippen molar-refractivity contribution >= 4 is 45.0 Å². The fourth-order valence-corrected chi connectivity index (χ4v) is 0.782. The Morgan fingerprint density at radius 1 is 1.27 bits per heavy atom. The second-order valence-electron chi connectivity index (χ2n) is 1.80. The summed E-state index contributed by atoms with van der Waals surface area (Å²) in [5.41, 5.74) is 1.95. The molecule has 0 unspecified atom stereocenters. The van der Waals surface area contributed by atoms with E-state index >= 15 is 0 Å². The fourth-order valence-electron chi connectivity index (χ4n) is 0.782. The molecular formula is C6H7Br2N3. The first-order valence-electron chi connectivity index (χ1n) is 2.70. The molecule has 0 aliphatic carbocycles. The van der Waals surface area contributed by atoms with Gasteiger partial charge in [-0.15, -0.1) is 34.0 Å². The molecule has 2 aromatic rings. The lowest BCUT2D eigenvalue weighted by Crippen LogP contribution is -1.69. The van der Waals surface area contributed by atoms with Gasteiger partial charge in [-0.3, -0.25) is 4.98 Å². The van der Waals surface area contributed by atoms with E-state index in [1.807, 2.05) is 6.07 Å². The maximum atomic E-state index is 4.00. The van der Waals surface area contributed by atoms with Crippen molar-refractivity contribution in [2.45, 2.75) is 0 Å². The van der Waals surface area contributed by atoms with Crippen molar-refractivity contribution in [2.75, 3.05) is 0 Å². The van der Waals surface area contributed by atoms with E-state index in [0.29, 0.717) is 0 Å². The quantitative estimate of drug-likeness (QED) is 0.803. The number of nitrogens with one attached hydrogen (secondary N) is 1. The first kappa shape index (κ1) is 10.6. The van der Waals surface area contributed by atoms with Crippen molar-refractivity contribution in [1.82, 2.24) is 15.0 Å². The molecular weight excluding hydrogens is 274 g/mol. The van der Waals surface area contributed by atoms with Gasteiger partial charge >= 0.3 is 0 Å². The molecule has 0 saturated heterocycles. The van der Waals surface area contributed by atoms with E-state index < -0.39 is 0 Å². The van der Waals surface area contributed by atoms with Crippen molar-refractivity contribution in [2.24, 2.45) is 0 Å². The van der Waals surface area contributed by atoms with Gasteiger partial charge in [-0.2, -0.15) is 0 Å². The summed E-state index contributed by atoms with van der Waals surface area (Å²) in [4.78, 5) is 10.9. The zero-order valence-electron chi connectivity index (χ0n) is 5.52. The van der Waals surface area contributed by atoms with Crippen molar-refractivity contribution in [3.8, 4) is 0 Å². The van der Waals surface area contributed by atoms with Crippen LogP contribution >= 0.6 is 34.0 Å². The Kier molecular flexibility index (Phi) is 4.29. The highest BCUT2D eigenvalue weighted by Crippen LogP contribution is 2.03. The summed E-state index contributed by atoms with van der Waals surface area (Å²) in [6.07, 6.45) is 5.12. The van der Waals surface area contributed by atoms with E-state index in [9.17, 15) is 0 Å². The topological polar surface area (TPSA) is 41.6 Å². The minimum Gasteiger partial charge on any atom is -0.345 e. The molecule has 5 heteroatoms. The SMILES string of the molecule is Br.Br.c1cc2[nH]cnc2cn1. The number of hydrogen-bond donors (Lipinski definition) is 1. The summed E-state index contributed by atoms with van der Waals surface area (Å²) in [5, 5.41) is 0. The van der Waals surface area contributed by atoms with Crippen LogP contribution in [0.2, 0.25) is 0 Å². The molecule has 0 aliphatic heterocycles. The summed E-state index contributed by atoms with van der Waals surface area (Å²) >= 11 is 0. The van der Waals surface area contributed by atoms with Crippen LogP contribution in [0.3, 0.4) is 0 Å². The number of aromatic nitrogens is 3. The van der Waals surface area contributed by atoms with Crippen molar-refractivity contribution < 1.29 is 0 Å². The van der Waals surface area contributed by atoms with Crippen LogP contribution in [0.15, 0.2) is 24.8 Å². The van der Waals surface area contributed by atoms with E-state index in [4.69, 9.17) is 0 Å². The van der Waals surface area contributed by atoms with Crippen molar-refractivity contribution in [3.63, 3.8) is 0 Å². The summed E-state index contributed by atoms with van der Waals surface area (Å²) in [6.45, 7) is 0. The van der Waals surface area contributed by atoms with Crippen LogP contribution in [-0.2, 0) is 0 Å². The average Bonchev–Trinajstić information content (AvgIpc) is 2.33. The van der Waals surface area contributed by atoms with E-state index in [-0.39, 0.29) is 34.0 Å². The molecule has 11 heavy (non-hydrogen) atoms. The molecule has 0 aliphatic rings. The maximum absolute atomic E-state index is 4.00. The smallest absolute Gasteiger partial charge is 0.107 e. The number of fused-ring (bicyclic) bond motifs is 1. The lowest BCUT2D eigenvalue weighted by molar-refractivity contribution is 1.33. The molecule has 0 amide bonds. The Balaban J connectivity index is 0.000000500. The number of imidazole rings is 1. The van der Waals surface area contributed by atoms with Crippen molar-refractivity contribution in [1.29, 1.82) is 0 Å². The van der Waals surface area contributed by atoms with Crippen LogP contribution in [0.4, 0.5) is 0 Å². The number of rotatable bonds is 0. The van der Waals surface area contributed by atoms with E-state index in [2.05, 4.69) is 15.0 Å². The Morgan fingerprint density at radius 3 is 2.82 bits per heavy atom. The van der Waals surface area contributed by atoms with Crippen LogP contribution in [0.5, 0.6) is 0 Å². The minimum atomic E-state index is 0. The van der Waals surface area contributed by atoms with Crippen LogP contribution in [0.1, 0.15) is 0 Å². The molecule has 1 N–H and O–H groups in total. The normalized spacial score (nSPS) is 8.36. The predicted molar refractivity (Wildman–Crippen MR) is 54.5 cm³/mol. The molecule has 60 valence electrons. The van der Waals surface area contributed by atoms with Crippen LogP contribution < -0.4 is 0 Å². The fraction of sp³-hybridized carbons (Fsp3) is 0.